The zero-order chi connectivity index (χ0) is 14.8. The number of furan rings is 1. The van der Waals surface area contributed by atoms with E-state index >= 15 is 0 Å². The number of hydrogen-bond acceptors (Lipinski definition) is 4. The Morgan fingerprint density at radius 2 is 2.05 bits per heavy atom. The van der Waals surface area contributed by atoms with Gasteiger partial charge in [0, 0.05) is 11.6 Å². The van der Waals surface area contributed by atoms with Gasteiger partial charge in [0.25, 0.3) is 0 Å². The molecule has 0 bridgehead atoms. The van der Waals surface area contributed by atoms with Gasteiger partial charge in [0.05, 0.1) is 0 Å². The molecule has 0 aliphatic rings. The number of nitrogens with zero attached hydrogens (tertiary/aromatic N) is 1. The summed E-state index contributed by atoms with van der Waals surface area (Å²) in [5, 5.41) is 9.85. The SMILES string of the molecule is CC(Oc1cccc2cccnc12)c1ccc(C(=O)O)o1. The Balaban J connectivity index is 1.89. The molecule has 1 unspecified atom stereocenters. The number of fused-ring (bicyclic) bond motifs is 1. The molecule has 0 radical (unpaired) electrons. The Morgan fingerprint density at radius 3 is 2.81 bits per heavy atom. The van der Waals surface area contributed by atoms with E-state index in [1.54, 1.807) is 19.2 Å². The van der Waals surface area contributed by atoms with E-state index in [0.29, 0.717) is 11.5 Å². The second-order valence-electron chi connectivity index (χ2n) is 4.60. The maximum absolute atomic E-state index is 10.8. The predicted molar refractivity (Wildman–Crippen MR) is 76.5 cm³/mol. The number of carboxylic acids is 1. The molecule has 106 valence electrons. The molecule has 3 aromatic rings. The van der Waals surface area contributed by atoms with Crippen LogP contribution in [0.25, 0.3) is 10.9 Å². The molecular weight excluding hydrogens is 270 g/mol. The lowest BCUT2D eigenvalue weighted by molar-refractivity contribution is 0.0655. The predicted octanol–water partition coefficient (Wildman–Crippen LogP) is 3.67. The van der Waals surface area contributed by atoms with E-state index in [1.165, 1.54) is 6.07 Å². The van der Waals surface area contributed by atoms with Gasteiger partial charge in [-0.05, 0) is 31.2 Å². The summed E-state index contributed by atoms with van der Waals surface area (Å²) in [5.41, 5.74) is 0.761. The topological polar surface area (TPSA) is 72.6 Å². The largest absolute Gasteiger partial charge is 0.480 e. The highest BCUT2D eigenvalue weighted by Crippen LogP contribution is 2.28. The average molecular weight is 283 g/mol. The first-order valence-electron chi connectivity index (χ1n) is 6.48. The summed E-state index contributed by atoms with van der Waals surface area (Å²) in [6.45, 7) is 1.80. The fourth-order valence-electron chi connectivity index (χ4n) is 2.11. The van der Waals surface area contributed by atoms with Crippen molar-refractivity contribution in [3.63, 3.8) is 0 Å². The van der Waals surface area contributed by atoms with Crippen LogP contribution in [0, 0.1) is 0 Å². The minimum atomic E-state index is -1.10. The van der Waals surface area contributed by atoms with E-state index in [0.717, 1.165) is 10.9 Å². The van der Waals surface area contributed by atoms with Crippen LogP contribution in [-0.2, 0) is 0 Å². The monoisotopic (exact) mass is 283 g/mol. The number of carbonyl (C=O) groups is 1. The van der Waals surface area contributed by atoms with Gasteiger partial charge in [-0.15, -0.1) is 0 Å². The first kappa shape index (κ1) is 13.2. The second kappa shape index (κ2) is 5.28. The first-order valence-corrected chi connectivity index (χ1v) is 6.48. The van der Waals surface area contributed by atoms with Gasteiger partial charge in [0.1, 0.15) is 17.0 Å². The van der Waals surface area contributed by atoms with Gasteiger partial charge in [-0.3, -0.25) is 4.98 Å². The summed E-state index contributed by atoms with van der Waals surface area (Å²) in [7, 11) is 0. The summed E-state index contributed by atoms with van der Waals surface area (Å²) in [5.74, 6) is -0.106. The minimum absolute atomic E-state index is 0.100. The molecule has 0 amide bonds. The smallest absolute Gasteiger partial charge is 0.371 e. The molecular formula is C16H13NO4. The Labute approximate surface area is 120 Å². The van der Waals surface area contributed by atoms with Crippen LogP contribution in [0.4, 0.5) is 0 Å². The van der Waals surface area contributed by atoms with Gasteiger partial charge in [-0.1, -0.05) is 18.2 Å². The fraction of sp³-hybridized carbons (Fsp3) is 0.125. The van der Waals surface area contributed by atoms with E-state index in [1.807, 2.05) is 30.3 Å². The van der Waals surface area contributed by atoms with E-state index in [2.05, 4.69) is 4.98 Å². The lowest BCUT2D eigenvalue weighted by Crippen LogP contribution is -2.03. The third-order valence-electron chi connectivity index (χ3n) is 3.14. The molecule has 0 aliphatic carbocycles. The van der Waals surface area contributed by atoms with Crippen molar-refractivity contribution in [1.29, 1.82) is 0 Å². The molecule has 21 heavy (non-hydrogen) atoms. The third-order valence-corrected chi connectivity index (χ3v) is 3.14. The van der Waals surface area contributed by atoms with Crippen LogP contribution < -0.4 is 4.74 Å². The van der Waals surface area contributed by atoms with Gasteiger partial charge in [-0.2, -0.15) is 0 Å². The van der Waals surface area contributed by atoms with Gasteiger partial charge in [0.2, 0.25) is 5.76 Å². The standard InChI is InChI=1S/C16H13NO4/c1-10(12-7-8-14(21-12)16(18)19)20-13-6-2-4-11-5-3-9-17-15(11)13/h2-10H,1H3,(H,18,19). The van der Waals surface area contributed by atoms with Crippen molar-refractivity contribution in [2.24, 2.45) is 0 Å². The Kier molecular flexibility index (Phi) is 3.31. The Morgan fingerprint density at radius 1 is 1.24 bits per heavy atom. The highest BCUT2D eigenvalue weighted by Gasteiger charge is 2.16. The fourth-order valence-corrected chi connectivity index (χ4v) is 2.11. The molecule has 1 atom stereocenters. The van der Waals surface area contributed by atoms with Crippen molar-refractivity contribution < 1.29 is 19.1 Å². The van der Waals surface area contributed by atoms with Crippen LogP contribution in [0.15, 0.2) is 53.1 Å². The van der Waals surface area contributed by atoms with Crippen LogP contribution in [-0.4, -0.2) is 16.1 Å². The molecule has 3 rings (SSSR count). The molecule has 5 nitrogen and oxygen atoms in total. The number of rotatable bonds is 4. The van der Waals surface area contributed by atoms with Crippen molar-refractivity contribution in [2.45, 2.75) is 13.0 Å². The van der Waals surface area contributed by atoms with Crippen LogP contribution in [0.2, 0.25) is 0 Å². The molecule has 1 aromatic carbocycles. The lowest BCUT2D eigenvalue weighted by atomic mass is 10.2. The number of ether oxygens (including phenoxy) is 1. The van der Waals surface area contributed by atoms with Gasteiger partial charge in [0.15, 0.2) is 6.10 Å². The van der Waals surface area contributed by atoms with Crippen molar-refractivity contribution in [2.75, 3.05) is 0 Å². The summed E-state index contributed by atoms with van der Waals surface area (Å²) >= 11 is 0. The zero-order valence-corrected chi connectivity index (χ0v) is 11.3. The molecule has 1 N–H and O–H groups in total. The molecule has 0 aliphatic heterocycles. The highest BCUT2D eigenvalue weighted by atomic mass is 16.5. The first-order chi connectivity index (χ1) is 10.1. The van der Waals surface area contributed by atoms with Crippen LogP contribution in [0.3, 0.4) is 0 Å². The van der Waals surface area contributed by atoms with E-state index in [-0.39, 0.29) is 5.76 Å². The van der Waals surface area contributed by atoms with E-state index in [4.69, 9.17) is 14.3 Å². The van der Waals surface area contributed by atoms with E-state index in [9.17, 15) is 4.79 Å². The van der Waals surface area contributed by atoms with Crippen LogP contribution >= 0.6 is 0 Å². The highest BCUT2D eigenvalue weighted by molar-refractivity contribution is 5.84. The number of pyridine rings is 1. The van der Waals surface area contributed by atoms with Crippen molar-refractivity contribution >= 4 is 16.9 Å². The number of carboxylic acid groups (broad SMARTS) is 1. The van der Waals surface area contributed by atoms with Crippen LogP contribution in [0.1, 0.15) is 29.3 Å². The lowest BCUT2D eigenvalue weighted by Gasteiger charge is -2.13. The second-order valence-corrected chi connectivity index (χ2v) is 4.60. The van der Waals surface area contributed by atoms with Gasteiger partial charge >= 0.3 is 5.97 Å². The van der Waals surface area contributed by atoms with Gasteiger partial charge in [-0.25, -0.2) is 4.79 Å². The average Bonchev–Trinajstić information content (AvgIpc) is 2.98. The Bertz CT molecular complexity index is 788. The maximum Gasteiger partial charge on any atom is 0.371 e. The molecule has 0 saturated heterocycles. The Hall–Kier alpha value is -2.82. The quantitative estimate of drug-likeness (QED) is 0.791. The van der Waals surface area contributed by atoms with E-state index < -0.39 is 12.1 Å². The summed E-state index contributed by atoms with van der Waals surface area (Å²) < 4.78 is 11.1. The number of para-hydroxylation sites is 1. The molecule has 2 aromatic heterocycles. The maximum atomic E-state index is 10.8. The molecule has 0 fully saturated rings. The number of hydrogen-bond donors (Lipinski definition) is 1. The summed E-state index contributed by atoms with van der Waals surface area (Å²) in [6, 6.07) is 12.5. The summed E-state index contributed by atoms with van der Waals surface area (Å²) in [4.78, 5) is 15.1. The number of aromatic nitrogens is 1. The molecule has 0 saturated carbocycles. The number of benzene rings is 1. The number of aromatic carboxylic acids is 1. The zero-order valence-electron chi connectivity index (χ0n) is 11.3. The van der Waals surface area contributed by atoms with Crippen molar-refractivity contribution in [3.05, 3.63) is 60.2 Å². The minimum Gasteiger partial charge on any atom is -0.480 e. The van der Waals surface area contributed by atoms with Gasteiger partial charge < -0.3 is 14.3 Å². The van der Waals surface area contributed by atoms with Crippen molar-refractivity contribution in [3.8, 4) is 5.75 Å². The van der Waals surface area contributed by atoms with Crippen LogP contribution in [0.5, 0.6) is 5.75 Å². The normalized spacial score (nSPS) is 12.2. The molecule has 2 heterocycles. The molecule has 0 spiro atoms. The summed E-state index contributed by atoms with van der Waals surface area (Å²) in [6.07, 6.45) is 1.29. The van der Waals surface area contributed by atoms with Crippen molar-refractivity contribution in [1.82, 2.24) is 4.98 Å². The third kappa shape index (κ3) is 2.58. The molecule has 5 heteroatoms.